The summed E-state index contributed by atoms with van der Waals surface area (Å²) in [4.78, 5) is 10.3. The van der Waals surface area contributed by atoms with Crippen molar-refractivity contribution in [3.8, 4) is 0 Å². The number of methoxy groups -OCH3 is 1. The number of nitrogens with one attached hydrogen (secondary N) is 3. The Balaban J connectivity index is 1.76. The quantitative estimate of drug-likeness (QED) is 0.327. The summed E-state index contributed by atoms with van der Waals surface area (Å²) in [6, 6.07) is 8.42. The monoisotopic (exact) mass is 359 g/mol. The van der Waals surface area contributed by atoms with Gasteiger partial charge in [-0.25, -0.2) is 0 Å². The lowest BCUT2D eigenvalue weighted by Crippen LogP contribution is -2.39. The van der Waals surface area contributed by atoms with Crippen LogP contribution in [0.1, 0.15) is 18.9 Å². The molecule has 0 bridgehead atoms. The van der Waals surface area contributed by atoms with Gasteiger partial charge in [0.1, 0.15) is 0 Å². The van der Waals surface area contributed by atoms with Crippen LogP contribution < -0.4 is 10.6 Å². The van der Waals surface area contributed by atoms with E-state index in [1.165, 1.54) is 16.5 Å². The molecular weight excluding hydrogens is 326 g/mol. The molecule has 1 aromatic carbocycles. The first-order chi connectivity index (χ1) is 12.7. The summed E-state index contributed by atoms with van der Waals surface area (Å²) >= 11 is 0. The highest BCUT2D eigenvalue weighted by molar-refractivity contribution is 5.83. The number of hydrogen-bond acceptors (Lipinski definition) is 3. The molecule has 1 aromatic heterocycles. The highest BCUT2D eigenvalue weighted by Crippen LogP contribution is 2.17. The fourth-order valence-electron chi connectivity index (χ4n) is 2.92. The van der Waals surface area contributed by atoms with E-state index < -0.39 is 0 Å². The van der Waals surface area contributed by atoms with Gasteiger partial charge in [-0.2, -0.15) is 0 Å². The molecule has 6 nitrogen and oxygen atoms in total. The third-order valence-corrected chi connectivity index (χ3v) is 4.35. The number of rotatable bonds is 11. The summed E-state index contributed by atoms with van der Waals surface area (Å²) in [5.74, 6) is 0.887. The van der Waals surface area contributed by atoms with E-state index in [1.807, 2.05) is 0 Å². The van der Waals surface area contributed by atoms with E-state index in [-0.39, 0.29) is 0 Å². The van der Waals surface area contributed by atoms with Crippen LogP contribution in [-0.4, -0.2) is 69.3 Å². The van der Waals surface area contributed by atoms with E-state index in [9.17, 15) is 0 Å². The zero-order valence-electron chi connectivity index (χ0n) is 16.3. The van der Waals surface area contributed by atoms with E-state index >= 15 is 0 Å². The molecule has 26 heavy (non-hydrogen) atoms. The average Bonchev–Trinajstić information content (AvgIpc) is 3.05. The number of H-pyrrole nitrogens is 1. The van der Waals surface area contributed by atoms with Gasteiger partial charge >= 0.3 is 0 Å². The normalized spacial score (nSPS) is 12.1. The molecule has 3 N–H and O–H groups in total. The van der Waals surface area contributed by atoms with Gasteiger partial charge in [0.05, 0.1) is 6.54 Å². The van der Waals surface area contributed by atoms with Gasteiger partial charge in [-0.1, -0.05) is 18.2 Å². The minimum Gasteiger partial charge on any atom is -0.385 e. The molecule has 0 unspecified atom stereocenters. The van der Waals surface area contributed by atoms with Gasteiger partial charge in [-0.15, -0.1) is 0 Å². The second-order valence-electron chi connectivity index (χ2n) is 6.45. The van der Waals surface area contributed by atoms with E-state index in [4.69, 9.17) is 4.74 Å². The number of fused-ring (bicyclic) bond motifs is 1. The first kappa shape index (κ1) is 20.3. The molecule has 0 atom stereocenters. The van der Waals surface area contributed by atoms with Gasteiger partial charge in [0.2, 0.25) is 0 Å². The molecule has 144 valence electrons. The van der Waals surface area contributed by atoms with Gasteiger partial charge < -0.3 is 25.3 Å². The third-order valence-electron chi connectivity index (χ3n) is 4.35. The zero-order chi connectivity index (χ0) is 18.6. The minimum absolute atomic E-state index is 0.784. The molecule has 6 heteroatoms. The average molecular weight is 360 g/mol. The van der Waals surface area contributed by atoms with Crippen molar-refractivity contribution in [3.05, 3.63) is 36.0 Å². The number of nitrogens with zero attached hydrogens (tertiary/aromatic N) is 2. The molecule has 0 spiro atoms. The molecule has 1 heterocycles. The number of aliphatic imine (C=N–C) groups is 1. The minimum atomic E-state index is 0.784. The smallest absolute Gasteiger partial charge is 0.191 e. The third kappa shape index (κ3) is 6.69. The van der Waals surface area contributed by atoms with Crippen molar-refractivity contribution >= 4 is 16.9 Å². The molecule has 0 radical (unpaired) electrons. The second-order valence-corrected chi connectivity index (χ2v) is 6.45. The predicted octanol–water partition coefficient (Wildman–Crippen LogP) is 2.23. The zero-order valence-corrected chi connectivity index (χ0v) is 16.3. The lowest BCUT2D eigenvalue weighted by atomic mass is 10.1. The Morgan fingerprint density at radius 2 is 2.08 bits per heavy atom. The number of aromatic amines is 1. The van der Waals surface area contributed by atoms with E-state index in [0.29, 0.717) is 0 Å². The molecule has 2 aromatic rings. The maximum absolute atomic E-state index is 5.09. The maximum atomic E-state index is 5.09. The summed E-state index contributed by atoms with van der Waals surface area (Å²) in [5, 5.41) is 8.05. The Morgan fingerprint density at radius 3 is 2.88 bits per heavy atom. The fourth-order valence-corrected chi connectivity index (χ4v) is 2.92. The largest absolute Gasteiger partial charge is 0.385 e. The molecule has 0 fully saturated rings. The number of aromatic nitrogens is 1. The molecule has 0 amide bonds. The van der Waals surface area contributed by atoms with Crippen LogP contribution in [0.4, 0.5) is 0 Å². The molecule has 0 aliphatic carbocycles. The van der Waals surface area contributed by atoms with Gasteiger partial charge in [0.15, 0.2) is 5.96 Å². The van der Waals surface area contributed by atoms with Crippen molar-refractivity contribution in [1.29, 1.82) is 0 Å². The Hall–Kier alpha value is -2.05. The number of likely N-dealkylation sites (N-methyl/N-ethyl adjacent to an activating group) is 1. The Morgan fingerprint density at radius 1 is 1.23 bits per heavy atom. The number of ether oxygens (including phenoxy) is 1. The van der Waals surface area contributed by atoms with Crippen molar-refractivity contribution in [2.24, 2.45) is 4.99 Å². The van der Waals surface area contributed by atoms with E-state index in [2.05, 4.69) is 69.9 Å². The Bertz CT molecular complexity index is 667. The van der Waals surface area contributed by atoms with Gasteiger partial charge in [-0.3, -0.25) is 4.99 Å². The van der Waals surface area contributed by atoms with Crippen molar-refractivity contribution in [1.82, 2.24) is 20.5 Å². The van der Waals surface area contributed by atoms with Crippen LogP contribution in [0.2, 0.25) is 0 Å². The van der Waals surface area contributed by atoms with Crippen LogP contribution in [-0.2, 0) is 11.2 Å². The molecule has 0 saturated carbocycles. The van der Waals surface area contributed by atoms with Crippen LogP contribution in [0.25, 0.3) is 10.9 Å². The fraction of sp³-hybridized carbons (Fsp3) is 0.550. The van der Waals surface area contributed by atoms with Crippen LogP contribution >= 0.6 is 0 Å². The standard InChI is InChI=1S/C20H33N5O/c1-4-21-20(23-12-14-25(2)13-7-15-26-3)22-11-10-17-16-24-19-9-6-5-8-18(17)19/h5-6,8-9,16,24H,4,7,10-15H2,1-3H3,(H2,21,22,23). The maximum Gasteiger partial charge on any atom is 0.191 e. The van der Waals surface area contributed by atoms with Crippen LogP contribution in [0.5, 0.6) is 0 Å². The van der Waals surface area contributed by atoms with E-state index in [0.717, 1.165) is 58.1 Å². The first-order valence-electron chi connectivity index (χ1n) is 9.49. The molecule has 0 aliphatic heterocycles. The lowest BCUT2D eigenvalue weighted by molar-refractivity contribution is 0.180. The van der Waals surface area contributed by atoms with Crippen molar-refractivity contribution in [2.45, 2.75) is 19.8 Å². The van der Waals surface area contributed by atoms with Crippen molar-refractivity contribution in [3.63, 3.8) is 0 Å². The van der Waals surface area contributed by atoms with Gasteiger partial charge in [0.25, 0.3) is 0 Å². The number of para-hydroxylation sites is 1. The van der Waals surface area contributed by atoms with Gasteiger partial charge in [0, 0.05) is 57.0 Å². The second kappa shape index (κ2) is 11.5. The predicted molar refractivity (Wildman–Crippen MR) is 110 cm³/mol. The summed E-state index contributed by atoms with van der Waals surface area (Å²) in [7, 11) is 3.87. The van der Waals surface area contributed by atoms with E-state index in [1.54, 1.807) is 7.11 Å². The van der Waals surface area contributed by atoms with Crippen LogP contribution in [0.3, 0.4) is 0 Å². The van der Waals surface area contributed by atoms with Crippen molar-refractivity contribution in [2.75, 3.05) is 53.5 Å². The summed E-state index contributed by atoms with van der Waals surface area (Å²) in [6.07, 6.45) is 4.12. The van der Waals surface area contributed by atoms with Crippen LogP contribution in [0, 0.1) is 0 Å². The molecule has 0 saturated heterocycles. The lowest BCUT2D eigenvalue weighted by Gasteiger charge is -2.16. The summed E-state index contributed by atoms with van der Waals surface area (Å²) in [5.41, 5.74) is 2.53. The Kier molecular flexibility index (Phi) is 9.00. The Labute approximate surface area is 157 Å². The topological polar surface area (TPSA) is 64.7 Å². The molecule has 0 aliphatic rings. The highest BCUT2D eigenvalue weighted by Gasteiger charge is 2.04. The highest BCUT2D eigenvalue weighted by atomic mass is 16.5. The van der Waals surface area contributed by atoms with Gasteiger partial charge in [-0.05, 0) is 38.4 Å². The SMILES string of the molecule is CCNC(=NCCN(C)CCCOC)NCCc1c[nH]c2ccccc12. The molecular formula is C20H33N5O. The number of benzene rings is 1. The number of hydrogen-bond donors (Lipinski definition) is 3. The van der Waals surface area contributed by atoms with Crippen LogP contribution in [0.15, 0.2) is 35.5 Å². The summed E-state index contributed by atoms with van der Waals surface area (Å²) < 4.78 is 5.09. The molecule has 2 rings (SSSR count). The number of guanidine groups is 1. The van der Waals surface area contributed by atoms with Crippen molar-refractivity contribution < 1.29 is 4.74 Å². The summed E-state index contributed by atoms with van der Waals surface area (Å²) in [6.45, 7) is 7.39. The first-order valence-corrected chi connectivity index (χ1v) is 9.49.